The highest BCUT2D eigenvalue weighted by Crippen LogP contribution is 2.16. The van der Waals surface area contributed by atoms with E-state index < -0.39 is 0 Å². The summed E-state index contributed by atoms with van der Waals surface area (Å²) in [5, 5.41) is 3.04. The number of benzene rings is 2. The summed E-state index contributed by atoms with van der Waals surface area (Å²) in [6.45, 7) is 2.30. The van der Waals surface area contributed by atoms with Crippen molar-refractivity contribution in [2.24, 2.45) is 0 Å². The van der Waals surface area contributed by atoms with Crippen molar-refractivity contribution in [1.29, 1.82) is 0 Å². The third kappa shape index (κ3) is 4.07. The molecule has 0 aliphatic carbocycles. The van der Waals surface area contributed by atoms with Crippen LogP contribution in [0.2, 0.25) is 0 Å². The number of rotatable bonds is 5. The molecule has 1 heterocycles. The maximum absolute atomic E-state index is 12.3. The number of hydrogen-bond donors (Lipinski definition) is 1. The number of amides is 1. The Hall–Kier alpha value is -2.94. The standard InChI is InChI=1S/C21H20N2O/c1-17(18-9-4-2-5-10-18)22-21(24)16-23-14-8-13-20(15-23)19-11-6-3-7-12-19/h2-15,17H,16H2,1H3/p+1/t17-/m1/s1. The molecule has 1 aromatic heterocycles. The van der Waals surface area contributed by atoms with Gasteiger partial charge in [-0.1, -0.05) is 60.7 Å². The molecule has 3 nitrogen and oxygen atoms in total. The molecule has 0 aliphatic rings. The summed E-state index contributed by atoms with van der Waals surface area (Å²) in [5.41, 5.74) is 3.35. The van der Waals surface area contributed by atoms with Crippen LogP contribution in [0.25, 0.3) is 11.1 Å². The van der Waals surface area contributed by atoms with E-state index in [0.717, 1.165) is 16.7 Å². The van der Waals surface area contributed by atoms with Crippen LogP contribution in [0.5, 0.6) is 0 Å². The summed E-state index contributed by atoms with van der Waals surface area (Å²) in [6, 6.07) is 24.2. The molecular weight excluding hydrogens is 296 g/mol. The van der Waals surface area contributed by atoms with E-state index in [2.05, 4.69) is 23.5 Å². The first-order valence-electron chi connectivity index (χ1n) is 8.11. The SMILES string of the molecule is C[C@@H](NC(=O)C[n+]1cccc(-c2ccccc2)c1)c1ccccc1. The van der Waals surface area contributed by atoms with Gasteiger partial charge in [-0.25, -0.2) is 0 Å². The summed E-state index contributed by atoms with van der Waals surface area (Å²) < 4.78 is 1.91. The number of aromatic nitrogens is 1. The van der Waals surface area contributed by atoms with Crippen molar-refractivity contribution in [1.82, 2.24) is 5.32 Å². The number of pyridine rings is 1. The highest BCUT2D eigenvalue weighted by Gasteiger charge is 2.14. The normalized spacial score (nSPS) is 11.7. The molecule has 0 radical (unpaired) electrons. The lowest BCUT2D eigenvalue weighted by Gasteiger charge is -2.13. The van der Waals surface area contributed by atoms with Crippen LogP contribution >= 0.6 is 0 Å². The molecule has 2 aromatic carbocycles. The van der Waals surface area contributed by atoms with Gasteiger partial charge in [-0.2, -0.15) is 4.57 Å². The van der Waals surface area contributed by atoms with Crippen LogP contribution in [-0.2, 0) is 11.3 Å². The fourth-order valence-corrected chi connectivity index (χ4v) is 2.70. The van der Waals surface area contributed by atoms with Crippen LogP contribution in [0.4, 0.5) is 0 Å². The molecule has 0 aliphatic heterocycles. The molecule has 3 aromatic rings. The minimum Gasteiger partial charge on any atom is -0.344 e. The molecule has 0 fully saturated rings. The van der Waals surface area contributed by atoms with E-state index in [4.69, 9.17) is 0 Å². The first-order chi connectivity index (χ1) is 11.7. The molecule has 0 saturated carbocycles. The molecule has 1 atom stereocenters. The van der Waals surface area contributed by atoms with Gasteiger partial charge in [-0.05, 0) is 24.1 Å². The van der Waals surface area contributed by atoms with Crippen LogP contribution < -0.4 is 9.88 Å². The molecule has 120 valence electrons. The Morgan fingerprint density at radius 1 is 0.917 bits per heavy atom. The third-order valence-corrected chi connectivity index (χ3v) is 3.97. The van der Waals surface area contributed by atoms with Crippen LogP contribution in [0.15, 0.2) is 85.2 Å². The fraction of sp³-hybridized carbons (Fsp3) is 0.143. The number of hydrogen-bond acceptors (Lipinski definition) is 1. The highest BCUT2D eigenvalue weighted by molar-refractivity contribution is 5.75. The van der Waals surface area contributed by atoms with Gasteiger partial charge in [-0.3, -0.25) is 4.79 Å². The van der Waals surface area contributed by atoms with Gasteiger partial charge in [-0.15, -0.1) is 0 Å². The summed E-state index contributed by atoms with van der Waals surface area (Å²) >= 11 is 0. The van der Waals surface area contributed by atoms with Crippen molar-refractivity contribution >= 4 is 5.91 Å². The number of nitrogens with one attached hydrogen (secondary N) is 1. The molecule has 3 rings (SSSR count). The second-order valence-corrected chi connectivity index (χ2v) is 5.83. The zero-order valence-electron chi connectivity index (χ0n) is 13.7. The minimum absolute atomic E-state index is 0.00145. The van der Waals surface area contributed by atoms with Crippen molar-refractivity contribution in [2.45, 2.75) is 19.5 Å². The smallest absolute Gasteiger partial charge is 0.286 e. The van der Waals surface area contributed by atoms with E-state index in [1.54, 1.807) is 0 Å². The highest BCUT2D eigenvalue weighted by atomic mass is 16.2. The first kappa shape index (κ1) is 15.9. The molecule has 0 spiro atoms. The van der Waals surface area contributed by atoms with Crippen molar-refractivity contribution in [3.8, 4) is 11.1 Å². The largest absolute Gasteiger partial charge is 0.344 e. The number of nitrogens with zero attached hydrogens (tertiary/aromatic N) is 1. The summed E-state index contributed by atoms with van der Waals surface area (Å²) in [6.07, 6.45) is 3.92. The van der Waals surface area contributed by atoms with E-state index in [9.17, 15) is 4.79 Å². The topological polar surface area (TPSA) is 33.0 Å². The van der Waals surface area contributed by atoms with Crippen molar-refractivity contribution in [3.63, 3.8) is 0 Å². The molecular formula is C21H21N2O+. The third-order valence-electron chi connectivity index (χ3n) is 3.97. The molecule has 0 unspecified atom stereocenters. The average molecular weight is 317 g/mol. The summed E-state index contributed by atoms with van der Waals surface area (Å²) in [5.74, 6) is 0.00145. The minimum atomic E-state index is -0.00314. The van der Waals surface area contributed by atoms with E-state index in [1.807, 2.05) is 78.5 Å². The van der Waals surface area contributed by atoms with E-state index >= 15 is 0 Å². The zero-order valence-corrected chi connectivity index (χ0v) is 13.7. The first-order valence-corrected chi connectivity index (χ1v) is 8.11. The molecule has 3 heteroatoms. The predicted molar refractivity (Wildman–Crippen MR) is 95.1 cm³/mol. The Morgan fingerprint density at radius 3 is 2.25 bits per heavy atom. The quantitative estimate of drug-likeness (QED) is 0.718. The van der Waals surface area contributed by atoms with Crippen LogP contribution in [0.3, 0.4) is 0 Å². The lowest BCUT2D eigenvalue weighted by atomic mass is 10.1. The van der Waals surface area contributed by atoms with E-state index in [0.29, 0.717) is 6.54 Å². The Labute approximate surface area is 142 Å². The van der Waals surface area contributed by atoms with Crippen molar-refractivity contribution < 1.29 is 9.36 Å². The van der Waals surface area contributed by atoms with Gasteiger partial charge in [0.25, 0.3) is 5.91 Å². The van der Waals surface area contributed by atoms with Gasteiger partial charge in [0.2, 0.25) is 6.54 Å². The Morgan fingerprint density at radius 2 is 1.54 bits per heavy atom. The van der Waals surface area contributed by atoms with Gasteiger partial charge >= 0.3 is 0 Å². The van der Waals surface area contributed by atoms with Gasteiger partial charge < -0.3 is 5.32 Å². The Bertz CT molecular complexity index is 800. The van der Waals surface area contributed by atoms with Crippen LogP contribution in [-0.4, -0.2) is 5.91 Å². The van der Waals surface area contributed by atoms with Gasteiger partial charge in [0, 0.05) is 11.6 Å². The molecule has 0 saturated heterocycles. The van der Waals surface area contributed by atoms with Gasteiger partial charge in [0.15, 0.2) is 12.4 Å². The predicted octanol–water partition coefficient (Wildman–Crippen LogP) is 3.52. The van der Waals surface area contributed by atoms with E-state index in [1.165, 1.54) is 0 Å². The lowest BCUT2D eigenvalue weighted by Crippen LogP contribution is -2.43. The van der Waals surface area contributed by atoms with Crippen molar-refractivity contribution in [3.05, 3.63) is 90.8 Å². The maximum atomic E-state index is 12.3. The molecule has 24 heavy (non-hydrogen) atoms. The Kier molecular flexibility index (Phi) is 5.02. The number of carbonyl (C=O) groups is 1. The fourth-order valence-electron chi connectivity index (χ4n) is 2.70. The van der Waals surface area contributed by atoms with E-state index in [-0.39, 0.29) is 11.9 Å². The maximum Gasteiger partial charge on any atom is 0.286 e. The molecule has 0 bridgehead atoms. The lowest BCUT2D eigenvalue weighted by molar-refractivity contribution is -0.684. The number of carbonyl (C=O) groups excluding carboxylic acids is 1. The van der Waals surface area contributed by atoms with Gasteiger partial charge in [0.1, 0.15) is 0 Å². The monoisotopic (exact) mass is 317 g/mol. The summed E-state index contributed by atoms with van der Waals surface area (Å²) in [7, 11) is 0. The van der Waals surface area contributed by atoms with Gasteiger partial charge in [0.05, 0.1) is 6.04 Å². The van der Waals surface area contributed by atoms with Crippen LogP contribution in [0, 0.1) is 0 Å². The van der Waals surface area contributed by atoms with Crippen molar-refractivity contribution in [2.75, 3.05) is 0 Å². The second kappa shape index (κ2) is 7.55. The Balaban J connectivity index is 1.67. The average Bonchev–Trinajstić information content (AvgIpc) is 2.63. The second-order valence-electron chi connectivity index (χ2n) is 5.83. The molecule has 1 amide bonds. The zero-order chi connectivity index (χ0) is 16.8. The van der Waals surface area contributed by atoms with Crippen LogP contribution in [0.1, 0.15) is 18.5 Å². The summed E-state index contributed by atoms with van der Waals surface area (Å²) in [4.78, 5) is 12.3. The molecule has 1 N–H and O–H groups in total.